The zero-order chi connectivity index (χ0) is 15.3. The fraction of sp³-hybridized carbons (Fsp3) is 1.00. The minimum atomic E-state index is 0.390. The van der Waals surface area contributed by atoms with Gasteiger partial charge in [-0.15, -0.1) is 0 Å². The first-order valence-corrected chi connectivity index (χ1v) is 9.85. The number of aliphatic hydroxyl groups excluding tert-OH is 1. The van der Waals surface area contributed by atoms with Crippen molar-refractivity contribution < 1.29 is 5.11 Å². The summed E-state index contributed by atoms with van der Waals surface area (Å²) in [5.74, 6) is 2.89. The van der Waals surface area contributed by atoms with E-state index in [4.69, 9.17) is 5.11 Å². The molecule has 0 aromatic rings. The maximum Gasteiger partial charge on any atom is 0.0431 e. The fourth-order valence-corrected chi connectivity index (χ4v) is 3.57. The molecule has 1 aliphatic carbocycles. The van der Waals surface area contributed by atoms with Crippen molar-refractivity contribution in [3.05, 3.63) is 0 Å². The highest BCUT2D eigenvalue weighted by Gasteiger charge is 2.34. The lowest BCUT2D eigenvalue weighted by molar-refractivity contribution is 0.279. The summed E-state index contributed by atoms with van der Waals surface area (Å²) in [6.45, 7) is 5.05. The molecule has 0 saturated heterocycles. The Hall–Kier alpha value is -0.0400. The Labute approximate surface area is 133 Å². The van der Waals surface area contributed by atoms with Crippen molar-refractivity contribution in [1.82, 2.24) is 0 Å². The Morgan fingerprint density at radius 2 is 1.19 bits per heavy atom. The van der Waals surface area contributed by atoms with E-state index in [0.717, 1.165) is 24.2 Å². The third kappa shape index (κ3) is 11.2. The molecule has 0 aromatic carbocycles. The number of unbranched alkanes of at least 4 members (excludes halogenated alkanes) is 8. The predicted molar refractivity (Wildman–Crippen MR) is 93.5 cm³/mol. The van der Waals surface area contributed by atoms with Gasteiger partial charge in [0.25, 0.3) is 0 Å². The van der Waals surface area contributed by atoms with Crippen LogP contribution in [0.2, 0.25) is 0 Å². The Morgan fingerprint density at radius 1 is 0.714 bits per heavy atom. The third-order valence-corrected chi connectivity index (χ3v) is 5.16. The second-order valence-corrected chi connectivity index (χ2v) is 7.77. The summed E-state index contributed by atoms with van der Waals surface area (Å²) in [6.07, 6.45) is 19.7. The summed E-state index contributed by atoms with van der Waals surface area (Å²) in [5.41, 5.74) is 0. The van der Waals surface area contributed by atoms with Crippen LogP contribution in [0.5, 0.6) is 0 Å². The molecule has 0 heterocycles. The van der Waals surface area contributed by atoms with E-state index in [-0.39, 0.29) is 0 Å². The highest BCUT2D eigenvalue weighted by Crippen LogP contribution is 2.45. The molecule has 21 heavy (non-hydrogen) atoms. The smallest absolute Gasteiger partial charge is 0.0431 e. The molecule has 1 aliphatic rings. The highest BCUT2D eigenvalue weighted by molar-refractivity contribution is 4.85. The van der Waals surface area contributed by atoms with Crippen LogP contribution in [0.25, 0.3) is 0 Å². The fourth-order valence-electron chi connectivity index (χ4n) is 3.57. The standard InChI is InChI=1S/C20H40O/c1-18(2)13-10-8-6-4-3-5-7-9-11-14-19-17-20(19)15-12-16-21/h18-21H,3-17H2,1-2H3/t19-,20+/m1/s1. The Bertz CT molecular complexity index is 224. The maximum absolute atomic E-state index is 8.82. The minimum absolute atomic E-state index is 0.390. The van der Waals surface area contributed by atoms with Crippen molar-refractivity contribution >= 4 is 0 Å². The topological polar surface area (TPSA) is 20.2 Å². The van der Waals surface area contributed by atoms with Crippen LogP contribution >= 0.6 is 0 Å². The zero-order valence-electron chi connectivity index (χ0n) is 14.8. The number of rotatable bonds is 15. The first-order valence-electron chi connectivity index (χ1n) is 9.85. The largest absolute Gasteiger partial charge is 0.396 e. The molecule has 0 aliphatic heterocycles. The first kappa shape index (κ1) is 19.0. The van der Waals surface area contributed by atoms with Gasteiger partial charge in [-0.2, -0.15) is 0 Å². The summed E-state index contributed by atoms with van der Waals surface area (Å²) in [6, 6.07) is 0. The van der Waals surface area contributed by atoms with Crippen LogP contribution in [0.4, 0.5) is 0 Å². The van der Waals surface area contributed by atoms with Gasteiger partial charge in [-0.1, -0.05) is 84.5 Å². The average molecular weight is 297 g/mol. The predicted octanol–water partition coefficient (Wildman–Crippen LogP) is 6.34. The van der Waals surface area contributed by atoms with Gasteiger partial charge in [0.15, 0.2) is 0 Å². The van der Waals surface area contributed by atoms with Crippen molar-refractivity contribution in [1.29, 1.82) is 0 Å². The molecule has 0 unspecified atom stereocenters. The van der Waals surface area contributed by atoms with Crippen molar-refractivity contribution in [2.75, 3.05) is 6.61 Å². The van der Waals surface area contributed by atoms with Crippen molar-refractivity contribution in [3.63, 3.8) is 0 Å². The molecule has 1 nitrogen and oxygen atoms in total. The molecule has 1 heteroatoms. The van der Waals surface area contributed by atoms with Gasteiger partial charge in [-0.25, -0.2) is 0 Å². The van der Waals surface area contributed by atoms with Gasteiger partial charge in [0.1, 0.15) is 0 Å². The summed E-state index contributed by atoms with van der Waals surface area (Å²) < 4.78 is 0. The minimum Gasteiger partial charge on any atom is -0.396 e. The lowest BCUT2D eigenvalue weighted by Crippen LogP contribution is -1.88. The average Bonchev–Trinajstić information content (AvgIpc) is 3.20. The number of hydrogen-bond donors (Lipinski definition) is 1. The molecule has 0 spiro atoms. The van der Waals surface area contributed by atoms with E-state index < -0.39 is 0 Å². The van der Waals surface area contributed by atoms with Crippen LogP contribution in [-0.2, 0) is 0 Å². The van der Waals surface area contributed by atoms with Crippen LogP contribution < -0.4 is 0 Å². The van der Waals surface area contributed by atoms with Crippen LogP contribution in [0.15, 0.2) is 0 Å². The van der Waals surface area contributed by atoms with E-state index in [1.165, 1.54) is 83.5 Å². The lowest BCUT2D eigenvalue weighted by atomic mass is 10.0. The molecule has 0 radical (unpaired) electrons. The maximum atomic E-state index is 8.82. The molecule has 2 atom stereocenters. The van der Waals surface area contributed by atoms with Crippen LogP contribution in [0.1, 0.15) is 104 Å². The molecule has 1 N–H and O–H groups in total. The molecule has 1 fully saturated rings. The molecular weight excluding hydrogens is 256 g/mol. The molecule has 0 amide bonds. The number of hydrogen-bond acceptors (Lipinski definition) is 1. The zero-order valence-corrected chi connectivity index (χ0v) is 14.8. The van der Waals surface area contributed by atoms with Gasteiger partial charge in [0.2, 0.25) is 0 Å². The van der Waals surface area contributed by atoms with E-state index in [0.29, 0.717) is 6.61 Å². The van der Waals surface area contributed by atoms with E-state index in [1.54, 1.807) is 0 Å². The lowest BCUT2D eigenvalue weighted by Gasteiger charge is -2.04. The van der Waals surface area contributed by atoms with Crippen LogP contribution in [-0.4, -0.2) is 11.7 Å². The van der Waals surface area contributed by atoms with E-state index in [1.807, 2.05) is 0 Å². The van der Waals surface area contributed by atoms with Gasteiger partial charge in [-0.05, 0) is 37.0 Å². The van der Waals surface area contributed by atoms with E-state index in [9.17, 15) is 0 Å². The molecule has 1 saturated carbocycles. The SMILES string of the molecule is CC(C)CCCCCCCCCCC[C@@H]1C[C@@H]1CCCO. The quantitative estimate of drug-likeness (QED) is 0.349. The molecule has 126 valence electrons. The summed E-state index contributed by atoms with van der Waals surface area (Å²) in [5, 5.41) is 8.82. The van der Waals surface area contributed by atoms with Crippen molar-refractivity contribution in [2.24, 2.45) is 17.8 Å². The number of aliphatic hydroxyl groups is 1. The van der Waals surface area contributed by atoms with Gasteiger partial charge in [0, 0.05) is 6.61 Å². The monoisotopic (exact) mass is 296 g/mol. The summed E-state index contributed by atoms with van der Waals surface area (Å²) in [4.78, 5) is 0. The van der Waals surface area contributed by atoms with Crippen LogP contribution in [0.3, 0.4) is 0 Å². The second-order valence-electron chi connectivity index (χ2n) is 7.77. The van der Waals surface area contributed by atoms with Gasteiger partial charge in [-0.3, -0.25) is 0 Å². The van der Waals surface area contributed by atoms with E-state index >= 15 is 0 Å². The van der Waals surface area contributed by atoms with Gasteiger partial charge < -0.3 is 5.11 Å². The van der Waals surface area contributed by atoms with Crippen LogP contribution in [0, 0.1) is 17.8 Å². The van der Waals surface area contributed by atoms with E-state index in [2.05, 4.69) is 13.8 Å². The Balaban J connectivity index is 1.70. The molecule has 0 bridgehead atoms. The molecule has 1 rings (SSSR count). The highest BCUT2D eigenvalue weighted by atomic mass is 16.2. The van der Waals surface area contributed by atoms with Gasteiger partial charge in [0.05, 0.1) is 0 Å². The normalized spacial score (nSPS) is 21.1. The second kappa shape index (κ2) is 12.5. The Morgan fingerprint density at radius 3 is 1.71 bits per heavy atom. The summed E-state index contributed by atoms with van der Waals surface area (Å²) in [7, 11) is 0. The first-order chi connectivity index (χ1) is 10.2. The molecular formula is C20H40O. The third-order valence-electron chi connectivity index (χ3n) is 5.16. The Kier molecular flexibility index (Phi) is 11.3. The van der Waals surface area contributed by atoms with Gasteiger partial charge >= 0.3 is 0 Å². The van der Waals surface area contributed by atoms with Crippen molar-refractivity contribution in [3.8, 4) is 0 Å². The van der Waals surface area contributed by atoms with Crippen molar-refractivity contribution in [2.45, 2.75) is 104 Å². The molecule has 0 aromatic heterocycles. The summed E-state index contributed by atoms with van der Waals surface area (Å²) >= 11 is 0.